The van der Waals surface area contributed by atoms with Crippen molar-refractivity contribution in [1.29, 1.82) is 0 Å². The summed E-state index contributed by atoms with van der Waals surface area (Å²) in [6, 6.07) is 5.48. The van der Waals surface area contributed by atoms with Gasteiger partial charge in [0.05, 0.1) is 0 Å². The van der Waals surface area contributed by atoms with Gasteiger partial charge in [-0.3, -0.25) is 29.4 Å². The Morgan fingerprint density at radius 2 is 1.94 bits per heavy atom. The molecule has 4 rings (SSSR count). The summed E-state index contributed by atoms with van der Waals surface area (Å²) < 4.78 is 6.29. The number of carboxylic acid groups (broad SMARTS) is 1. The first-order valence-corrected chi connectivity index (χ1v) is 11.0. The molecule has 3 atom stereocenters. The first-order chi connectivity index (χ1) is 15.2. The third-order valence-electron chi connectivity index (χ3n) is 6.18. The van der Waals surface area contributed by atoms with Crippen molar-refractivity contribution in [3.63, 3.8) is 0 Å². The number of ether oxygens (including phenoxy) is 1. The molecule has 1 unspecified atom stereocenters. The molecular formula is C23H31N3O6. The number of fused-ring (bicyclic) bond motifs is 1. The maximum absolute atomic E-state index is 12.8. The first-order valence-electron chi connectivity index (χ1n) is 11.0. The van der Waals surface area contributed by atoms with E-state index in [-0.39, 0.29) is 36.7 Å². The topological polar surface area (TPSA) is 116 Å². The van der Waals surface area contributed by atoms with E-state index in [1.807, 2.05) is 12.1 Å². The molecule has 3 aliphatic heterocycles. The molecule has 0 spiro atoms. The van der Waals surface area contributed by atoms with Crippen molar-refractivity contribution in [1.82, 2.24) is 15.1 Å². The fourth-order valence-electron chi connectivity index (χ4n) is 4.66. The van der Waals surface area contributed by atoms with Gasteiger partial charge < -0.3 is 14.7 Å². The second kappa shape index (κ2) is 10.1. The summed E-state index contributed by atoms with van der Waals surface area (Å²) in [7, 11) is 0. The Balaban J connectivity index is 0.000000913. The summed E-state index contributed by atoms with van der Waals surface area (Å²) in [4.78, 5) is 48.8. The predicted octanol–water partition coefficient (Wildman–Crippen LogP) is 1.65. The Kier molecular flexibility index (Phi) is 7.50. The lowest BCUT2D eigenvalue weighted by molar-refractivity contribution is -0.137. The van der Waals surface area contributed by atoms with Crippen LogP contribution in [-0.4, -0.2) is 70.4 Å². The molecule has 1 aromatic carbocycles. The molecule has 0 aromatic heterocycles. The zero-order chi connectivity index (χ0) is 23.4. The molecule has 174 valence electrons. The molecule has 32 heavy (non-hydrogen) atoms. The number of nitrogens with one attached hydrogen (secondary N) is 1. The van der Waals surface area contributed by atoms with Gasteiger partial charge in [-0.2, -0.15) is 0 Å². The molecule has 2 fully saturated rings. The maximum atomic E-state index is 12.8. The molecule has 0 bridgehead atoms. The molecule has 9 nitrogen and oxygen atoms in total. The van der Waals surface area contributed by atoms with Crippen LogP contribution in [0.2, 0.25) is 0 Å². The molecule has 0 radical (unpaired) electrons. The van der Waals surface area contributed by atoms with Gasteiger partial charge in [0.15, 0.2) is 0 Å². The molecule has 0 saturated carbocycles. The molecule has 3 amide bonds. The second-order valence-corrected chi connectivity index (χ2v) is 8.95. The van der Waals surface area contributed by atoms with Gasteiger partial charge >= 0.3 is 0 Å². The first kappa shape index (κ1) is 23.7. The summed E-state index contributed by atoms with van der Waals surface area (Å²) in [6.07, 6.45) is 1.78. The quantitative estimate of drug-likeness (QED) is 0.535. The largest absolute Gasteiger partial charge is 0.489 e. The molecule has 9 heteroatoms. The van der Waals surface area contributed by atoms with Gasteiger partial charge in [0.1, 0.15) is 17.9 Å². The molecule has 2 N–H and O–H groups in total. The van der Waals surface area contributed by atoms with Crippen molar-refractivity contribution in [3.05, 3.63) is 29.3 Å². The van der Waals surface area contributed by atoms with E-state index in [1.54, 1.807) is 11.0 Å². The van der Waals surface area contributed by atoms with E-state index >= 15 is 0 Å². The highest BCUT2D eigenvalue weighted by Crippen LogP contribution is 2.31. The number of likely N-dealkylation sites (tertiary alicyclic amines) is 1. The minimum Gasteiger partial charge on any atom is -0.489 e. The van der Waals surface area contributed by atoms with Crippen LogP contribution in [-0.2, 0) is 20.9 Å². The Morgan fingerprint density at radius 3 is 2.59 bits per heavy atom. The van der Waals surface area contributed by atoms with Gasteiger partial charge in [-0.25, -0.2) is 0 Å². The van der Waals surface area contributed by atoms with E-state index in [0.717, 1.165) is 30.8 Å². The van der Waals surface area contributed by atoms with Crippen LogP contribution in [0.25, 0.3) is 0 Å². The lowest BCUT2D eigenvalue weighted by Crippen LogP contribution is -2.52. The van der Waals surface area contributed by atoms with Crippen LogP contribution in [0.15, 0.2) is 18.2 Å². The minimum absolute atomic E-state index is 0.127. The number of hydrogen-bond donors (Lipinski definition) is 2. The van der Waals surface area contributed by atoms with Crippen molar-refractivity contribution in [2.45, 2.75) is 64.8 Å². The third kappa shape index (κ3) is 5.27. The third-order valence-corrected chi connectivity index (χ3v) is 6.18. The zero-order valence-electron chi connectivity index (χ0n) is 18.7. The number of carbonyl (C=O) groups is 4. The van der Waals surface area contributed by atoms with Gasteiger partial charge in [0.2, 0.25) is 11.8 Å². The van der Waals surface area contributed by atoms with E-state index in [2.05, 4.69) is 31.0 Å². The summed E-state index contributed by atoms with van der Waals surface area (Å²) in [6.45, 7) is 8.79. The normalized spacial score (nSPS) is 25.7. The summed E-state index contributed by atoms with van der Waals surface area (Å²) in [5.74, 6) is 0.532. The maximum Gasteiger partial charge on any atom is 0.290 e. The second-order valence-electron chi connectivity index (χ2n) is 8.95. The summed E-state index contributed by atoms with van der Waals surface area (Å²) >= 11 is 0. The lowest BCUT2D eigenvalue weighted by atomic mass is 9.96. The standard InChI is InChI=1S/C22H29N3O4.CH2O2/c1-13(2)24-10-14(3)8-17(12-24)29-16-4-5-18-15(9-16)11-25(22(18)28)19-6-7-20(26)23-21(19)27;2-1-3/h4-5,9,13-14,17,19H,6-8,10-12H2,1-3H3,(H,23,26,27);1H,(H,2,3)/t14-,17-,19?;/m1./s1. The predicted molar refractivity (Wildman–Crippen MR) is 116 cm³/mol. The molecule has 0 aliphatic carbocycles. The van der Waals surface area contributed by atoms with Crippen LogP contribution in [0.5, 0.6) is 5.75 Å². The van der Waals surface area contributed by atoms with E-state index < -0.39 is 6.04 Å². The molecule has 2 saturated heterocycles. The summed E-state index contributed by atoms with van der Waals surface area (Å²) in [5.41, 5.74) is 1.49. The smallest absolute Gasteiger partial charge is 0.290 e. The van der Waals surface area contributed by atoms with E-state index in [1.165, 1.54) is 0 Å². The number of nitrogens with zero attached hydrogens (tertiary/aromatic N) is 2. The number of hydrogen-bond acceptors (Lipinski definition) is 6. The average Bonchev–Trinajstić information content (AvgIpc) is 3.04. The van der Waals surface area contributed by atoms with Crippen LogP contribution in [0, 0.1) is 5.92 Å². The fraction of sp³-hybridized carbons (Fsp3) is 0.565. The monoisotopic (exact) mass is 445 g/mol. The van der Waals surface area contributed by atoms with Crippen molar-refractivity contribution in [3.8, 4) is 5.75 Å². The van der Waals surface area contributed by atoms with Crippen LogP contribution < -0.4 is 10.1 Å². The van der Waals surface area contributed by atoms with Gasteiger partial charge in [-0.1, -0.05) is 6.92 Å². The molecule has 1 aromatic rings. The highest BCUT2D eigenvalue weighted by atomic mass is 16.5. The van der Waals surface area contributed by atoms with Crippen molar-refractivity contribution < 1.29 is 29.0 Å². The number of piperidine rings is 2. The Hall–Kier alpha value is -2.94. The molecule has 3 heterocycles. The average molecular weight is 446 g/mol. The van der Waals surface area contributed by atoms with E-state index in [0.29, 0.717) is 30.5 Å². The van der Waals surface area contributed by atoms with Gasteiger partial charge in [-0.15, -0.1) is 0 Å². The number of rotatable bonds is 4. The fourth-order valence-corrected chi connectivity index (χ4v) is 4.66. The Morgan fingerprint density at radius 1 is 1.22 bits per heavy atom. The highest BCUT2D eigenvalue weighted by Gasteiger charge is 2.39. The van der Waals surface area contributed by atoms with Crippen LogP contribution in [0.1, 0.15) is 56.0 Å². The van der Waals surface area contributed by atoms with E-state index in [9.17, 15) is 14.4 Å². The van der Waals surface area contributed by atoms with Crippen molar-refractivity contribution >= 4 is 24.2 Å². The Bertz CT molecular complexity index is 886. The molecule has 3 aliphatic rings. The van der Waals surface area contributed by atoms with Gasteiger partial charge in [-0.05, 0) is 56.4 Å². The zero-order valence-corrected chi connectivity index (χ0v) is 18.7. The van der Waals surface area contributed by atoms with Gasteiger partial charge in [0.25, 0.3) is 12.4 Å². The Labute approximate surface area is 187 Å². The van der Waals surface area contributed by atoms with Crippen LogP contribution >= 0.6 is 0 Å². The number of carbonyl (C=O) groups excluding carboxylic acids is 3. The van der Waals surface area contributed by atoms with Crippen LogP contribution in [0.4, 0.5) is 0 Å². The van der Waals surface area contributed by atoms with Gasteiger partial charge in [0, 0.05) is 37.7 Å². The number of benzene rings is 1. The number of amides is 3. The van der Waals surface area contributed by atoms with Crippen molar-refractivity contribution in [2.75, 3.05) is 13.1 Å². The highest BCUT2D eigenvalue weighted by molar-refractivity contribution is 6.05. The SMILES string of the molecule is CC(C)N1C[C@H](C)C[C@@H](Oc2ccc3c(c2)CN(C2CCC(=O)NC2=O)C3=O)C1.O=CO. The molecular weight excluding hydrogens is 414 g/mol. The lowest BCUT2D eigenvalue weighted by Gasteiger charge is -2.38. The summed E-state index contributed by atoms with van der Waals surface area (Å²) in [5, 5.41) is 9.22. The van der Waals surface area contributed by atoms with Crippen LogP contribution in [0.3, 0.4) is 0 Å². The van der Waals surface area contributed by atoms with Crippen molar-refractivity contribution in [2.24, 2.45) is 5.92 Å². The van der Waals surface area contributed by atoms with E-state index in [4.69, 9.17) is 14.6 Å². The minimum atomic E-state index is -0.587. The number of imide groups is 1.